The van der Waals surface area contributed by atoms with E-state index in [-0.39, 0.29) is 89.2 Å². The van der Waals surface area contributed by atoms with Gasteiger partial charge in [0, 0.05) is 21.7 Å². The third kappa shape index (κ3) is 24.4. The van der Waals surface area contributed by atoms with Gasteiger partial charge < -0.3 is 30.3 Å². The van der Waals surface area contributed by atoms with Crippen LogP contribution < -0.4 is 0 Å². The summed E-state index contributed by atoms with van der Waals surface area (Å²) in [7, 11) is 0. The van der Waals surface area contributed by atoms with Gasteiger partial charge in [-0.3, -0.25) is 0 Å². The second-order valence-corrected chi connectivity index (χ2v) is 1.92. The minimum absolute atomic E-state index is 0. The van der Waals surface area contributed by atoms with E-state index in [1.54, 1.807) is 0 Å². The summed E-state index contributed by atoms with van der Waals surface area (Å²) in [5.41, 5.74) is 0. The van der Waals surface area contributed by atoms with E-state index >= 15 is 0 Å². The van der Waals surface area contributed by atoms with Crippen LogP contribution in [0.25, 0.3) is 0 Å². The van der Waals surface area contributed by atoms with E-state index in [2.05, 4.69) is 0 Å². The van der Waals surface area contributed by atoms with Gasteiger partial charge in [0.1, 0.15) is 0 Å². The summed E-state index contributed by atoms with van der Waals surface area (Å²) in [6.45, 7) is 0. The van der Waals surface area contributed by atoms with E-state index in [0.29, 0.717) is 0 Å². The quantitative estimate of drug-likeness (QED) is 0.506. The Morgan fingerprint density at radius 1 is 0.500 bits per heavy atom. The van der Waals surface area contributed by atoms with Crippen LogP contribution in [-0.4, -0.2) is 0 Å². The molecule has 100 valence electrons. The summed E-state index contributed by atoms with van der Waals surface area (Å²) in [6, 6.07) is 20.0. The Morgan fingerprint density at radius 3 is 0.875 bits per heavy atom. The fraction of sp³-hybridized carbons (Fsp3) is 0. The van der Waals surface area contributed by atoms with E-state index in [4.69, 9.17) is 0 Å². The van der Waals surface area contributed by atoms with E-state index < -0.39 is 0 Å². The second-order valence-electron chi connectivity index (χ2n) is 1.92. The van der Waals surface area contributed by atoms with Gasteiger partial charge in [0.15, 0.2) is 0 Å². The van der Waals surface area contributed by atoms with Gasteiger partial charge in [0.05, 0.1) is 0 Å². The van der Waals surface area contributed by atoms with Crippen molar-refractivity contribution in [1.29, 1.82) is 0 Å². The van der Waals surface area contributed by atoms with Crippen molar-refractivity contribution in [2.75, 3.05) is 0 Å². The molecule has 0 heterocycles. The van der Waals surface area contributed by atoms with Gasteiger partial charge in [-0.05, 0) is 0 Å². The van der Waals surface area contributed by atoms with Crippen molar-refractivity contribution in [3.8, 4) is 0 Å². The van der Waals surface area contributed by atoms with Gasteiger partial charge in [-0.15, -0.1) is 0 Å². The van der Waals surface area contributed by atoms with Gasteiger partial charge in [-0.2, -0.15) is 85.7 Å². The molecular weight excluding hydrogens is 328 g/mol. The van der Waals surface area contributed by atoms with Gasteiger partial charge in [0.25, 0.3) is 0 Å². The number of hydrogen-bond acceptors (Lipinski definition) is 0. The van der Waals surface area contributed by atoms with Crippen LogP contribution in [0.2, 0.25) is 0 Å². The van der Waals surface area contributed by atoms with Crippen molar-refractivity contribution in [1.82, 2.24) is 0 Å². The molecule has 16 heavy (non-hydrogen) atoms. The molecule has 2 aromatic carbocycles. The molecular formula is C10H20S5Ti-6. The molecule has 0 saturated heterocycles. The zero-order valence-corrected chi connectivity index (χ0v) is 15.3. The van der Waals surface area contributed by atoms with Crippen molar-refractivity contribution in [3.05, 3.63) is 60.7 Å². The van der Waals surface area contributed by atoms with Crippen LogP contribution in [0.3, 0.4) is 0 Å². The van der Waals surface area contributed by atoms with E-state index in [9.17, 15) is 0 Å². The van der Waals surface area contributed by atoms with Crippen molar-refractivity contribution < 1.29 is 21.7 Å². The standard InChI is InChI=1S/2C5H5.5H2S.Ti/c2*1-2-4-5-3-1;;;;;;/h2*1-5H;5*1H2;/q-5;-1;;;;;;. The number of hydrogen-bond donors (Lipinski definition) is 0. The molecule has 0 amide bonds. The van der Waals surface area contributed by atoms with Crippen LogP contribution in [-0.2, 0) is 21.7 Å². The molecule has 2 aromatic rings. The minimum atomic E-state index is 0. The maximum atomic E-state index is 2.00. The molecule has 0 bridgehead atoms. The first-order valence-corrected chi connectivity index (χ1v) is 3.33. The van der Waals surface area contributed by atoms with Crippen molar-refractivity contribution in [2.45, 2.75) is 0 Å². The summed E-state index contributed by atoms with van der Waals surface area (Å²) in [5.74, 6) is 0. The fourth-order valence-corrected chi connectivity index (χ4v) is 0.642. The zero-order chi connectivity index (χ0) is 7.07. The third-order valence-electron chi connectivity index (χ3n) is 1.11. The summed E-state index contributed by atoms with van der Waals surface area (Å²) >= 11 is 0. The molecule has 6 heteroatoms. The first-order chi connectivity index (χ1) is 5.00. The number of rotatable bonds is 0. The monoisotopic (exact) mass is 348 g/mol. The second kappa shape index (κ2) is 29.8. The molecule has 0 aliphatic rings. The Morgan fingerprint density at radius 2 is 0.750 bits per heavy atom. The minimum Gasteiger partial charge on any atom is -0.748 e. The largest absolute Gasteiger partial charge is 0.748 e. The smallest absolute Gasteiger partial charge is 0 e. The van der Waals surface area contributed by atoms with Gasteiger partial charge >= 0.3 is 0 Å². The SMILES string of the molecule is S.S.S.S.S.[Ti].[cH-]1[cH-][cH-][cH-][cH-]1.c1cc[cH-]c1. The van der Waals surface area contributed by atoms with E-state index in [1.165, 1.54) is 0 Å². The predicted octanol–water partition coefficient (Wildman–Crippen LogP) is 3.37. The van der Waals surface area contributed by atoms with Crippen molar-refractivity contribution >= 4 is 67.5 Å². The molecule has 0 unspecified atom stereocenters. The Balaban J connectivity index is -0.0000000227. The fourth-order valence-electron chi connectivity index (χ4n) is 0.642. The molecule has 0 radical (unpaired) electrons. The molecule has 0 fully saturated rings. The van der Waals surface area contributed by atoms with Gasteiger partial charge in [-0.1, -0.05) is 0 Å². The van der Waals surface area contributed by atoms with Crippen LogP contribution in [0, 0.1) is 0 Å². The zero-order valence-electron chi connectivity index (χ0n) is 8.77. The van der Waals surface area contributed by atoms with Crippen LogP contribution in [0.15, 0.2) is 60.7 Å². The van der Waals surface area contributed by atoms with Crippen LogP contribution in [0.1, 0.15) is 0 Å². The molecule has 0 aliphatic heterocycles. The first-order valence-electron chi connectivity index (χ1n) is 3.33. The van der Waals surface area contributed by atoms with Crippen molar-refractivity contribution in [2.24, 2.45) is 0 Å². The summed E-state index contributed by atoms with van der Waals surface area (Å²) < 4.78 is 0. The Labute approximate surface area is 148 Å². The van der Waals surface area contributed by atoms with Gasteiger partial charge in [0.2, 0.25) is 0 Å². The summed E-state index contributed by atoms with van der Waals surface area (Å²) in [6.07, 6.45) is 0. The first kappa shape index (κ1) is 36.0. The van der Waals surface area contributed by atoms with E-state index in [1.807, 2.05) is 60.7 Å². The Hall–Kier alpha value is 1.16. The van der Waals surface area contributed by atoms with Gasteiger partial charge in [-0.25, -0.2) is 12.1 Å². The molecule has 0 aromatic heterocycles. The molecule has 0 atom stereocenters. The van der Waals surface area contributed by atoms with Crippen molar-refractivity contribution in [3.63, 3.8) is 0 Å². The molecule has 0 N–H and O–H groups in total. The maximum Gasteiger partial charge on any atom is 0 e. The van der Waals surface area contributed by atoms with Crippen LogP contribution in [0.4, 0.5) is 0 Å². The average Bonchev–Trinajstić information content (AvgIpc) is 2.67. The third-order valence-corrected chi connectivity index (χ3v) is 1.11. The topological polar surface area (TPSA) is 0 Å². The molecule has 0 aliphatic carbocycles. The normalized spacial score (nSPS) is 5.00. The maximum absolute atomic E-state index is 2.00. The predicted molar refractivity (Wildman–Crippen MR) is 96.0 cm³/mol. The summed E-state index contributed by atoms with van der Waals surface area (Å²) in [5, 5.41) is 0. The summed E-state index contributed by atoms with van der Waals surface area (Å²) in [4.78, 5) is 0. The molecule has 0 saturated carbocycles. The van der Waals surface area contributed by atoms with Crippen LogP contribution >= 0.6 is 67.5 Å². The molecule has 0 spiro atoms. The Bertz CT molecular complexity index is 158. The molecule has 2 rings (SSSR count). The van der Waals surface area contributed by atoms with E-state index in [0.717, 1.165) is 0 Å². The van der Waals surface area contributed by atoms with Crippen LogP contribution in [0.5, 0.6) is 0 Å². The average molecular weight is 348 g/mol. The molecule has 0 nitrogen and oxygen atoms in total. The Kier molecular flexibility index (Phi) is 67.1.